The van der Waals surface area contributed by atoms with Gasteiger partial charge in [0.15, 0.2) is 11.3 Å². The highest BCUT2D eigenvalue weighted by atomic mass is 35.5. The zero-order chi connectivity index (χ0) is 21.3. The monoisotopic (exact) mass is 434 g/mol. The number of halogens is 3. The number of nitrogens with one attached hydrogen (secondary N) is 1. The summed E-state index contributed by atoms with van der Waals surface area (Å²) in [6.45, 7) is -1.41. The number of ether oxygens (including phenoxy) is 2. The number of alkyl halides is 2. The van der Waals surface area contributed by atoms with E-state index in [9.17, 15) is 13.6 Å². The maximum absolute atomic E-state index is 12.4. The van der Waals surface area contributed by atoms with Crippen molar-refractivity contribution in [3.8, 4) is 11.4 Å². The number of nitrogens with zero attached hydrogens (tertiary/aromatic N) is 5. The van der Waals surface area contributed by atoms with Crippen LogP contribution in [0.3, 0.4) is 0 Å². The molecule has 0 amide bonds. The Morgan fingerprint density at radius 2 is 1.97 bits per heavy atom. The molecule has 12 heteroatoms. The minimum absolute atomic E-state index is 0.00719. The number of H-pyrrole nitrogens is 1. The van der Waals surface area contributed by atoms with Crippen molar-refractivity contribution in [2.45, 2.75) is 20.1 Å². The Balaban J connectivity index is 1.46. The van der Waals surface area contributed by atoms with Gasteiger partial charge in [0.2, 0.25) is 0 Å². The van der Waals surface area contributed by atoms with Gasteiger partial charge in [-0.25, -0.2) is 19.4 Å². The summed E-state index contributed by atoms with van der Waals surface area (Å²) in [6, 6.07) is 9.09. The smallest absolute Gasteiger partial charge is 0.387 e. The predicted octanol–water partition coefficient (Wildman–Crippen LogP) is 3.46. The molecule has 0 aliphatic carbocycles. The number of aromatic amines is 1. The number of rotatable bonds is 6. The van der Waals surface area contributed by atoms with Gasteiger partial charge in [-0.15, -0.1) is 5.10 Å². The van der Waals surface area contributed by atoms with Gasteiger partial charge in [0.1, 0.15) is 23.3 Å². The molecule has 4 rings (SSSR count). The summed E-state index contributed by atoms with van der Waals surface area (Å²) >= 11 is 5.83. The van der Waals surface area contributed by atoms with Gasteiger partial charge in [-0.2, -0.15) is 8.78 Å². The van der Waals surface area contributed by atoms with E-state index in [1.54, 1.807) is 19.1 Å². The third-order valence-corrected chi connectivity index (χ3v) is 4.31. The van der Waals surface area contributed by atoms with E-state index < -0.39 is 12.6 Å². The van der Waals surface area contributed by atoms with E-state index in [4.69, 9.17) is 16.3 Å². The molecule has 0 saturated carbocycles. The summed E-state index contributed by atoms with van der Waals surface area (Å²) in [5.41, 5.74) is 2.02. The lowest BCUT2D eigenvalue weighted by molar-refractivity contribution is -0.0498. The Hall–Kier alpha value is -3.60. The van der Waals surface area contributed by atoms with Crippen LogP contribution >= 0.6 is 11.6 Å². The Morgan fingerprint density at radius 1 is 1.20 bits per heavy atom. The highest BCUT2D eigenvalue weighted by molar-refractivity contribution is 6.29. The van der Waals surface area contributed by atoms with Crippen molar-refractivity contribution in [2.75, 3.05) is 0 Å². The summed E-state index contributed by atoms with van der Waals surface area (Å²) in [6.07, 6.45) is 0. The summed E-state index contributed by atoms with van der Waals surface area (Å²) in [5.74, 6) is -0.289. The maximum atomic E-state index is 12.4. The number of carbonyl (C=O) groups is 1. The van der Waals surface area contributed by atoms with Crippen molar-refractivity contribution in [1.82, 2.24) is 29.9 Å². The average Bonchev–Trinajstić information content (AvgIpc) is 3.29. The molecule has 0 unspecified atom stereocenters. The lowest BCUT2D eigenvalue weighted by Crippen LogP contribution is -2.09. The second kappa shape index (κ2) is 8.03. The van der Waals surface area contributed by atoms with Crippen LogP contribution in [0.2, 0.25) is 5.15 Å². The topological polar surface area (TPSA) is 108 Å². The minimum Gasteiger partial charge on any atom is -0.453 e. The largest absolute Gasteiger partial charge is 0.453 e. The molecule has 9 nitrogen and oxygen atoms in total. The van der Waals surface area contributed by atoms with E-state index in [0.717, 1.165) is 0 Å². The molecule has 0 aliphatic heterocycles. The first kappa shape index (κ1) is 19.7. The van der Waals surface area contributed by atoms with Crippen LogP contribution in [0.25, 0.3) is 16.9 Å². The van der Waals surface area contributed by atoms with Crippen LogP contribution in [-0.4, -0.2) is 42.5 Å². The van der Waals surface area contributed by atoms with Gasteiger partial charge in [-0.1, -0.05) is 16.8 Å². The van der Waals surface area contributed by atoms with Crippen molar-refractivity contribution in [1.29, 1.82) is 0 Å². The molecule has 30 heavy (non-hydrogen) atoms. The molecule has 0 saturated heterocycles. The van der Waals surface area contributed by atoms with Crippen LogP contribution in [0.15, 0.2) is 36.4 Å². The zero-order valence-electron chi connectivity index (χ0n) is 15.3. The molecular weight excluding hydrogens is 422 g/mol. The first-order chi connectivity index (χ1) is 14.4. The van der Waals surface area contributed by atoms with E-state index in [1.807, 2.05) is 0 Å². The number of imidazole rings is 1. The van der Waals surface area contributed by atoms with Gasteiger partial charge in [0.25, 0.3) is 0 Å². The molecule has 0 atom stereocenters. The highest BCUT2D eigenvalue weighted by Gasteiger charge is 2.19. The average molecular weight is 435 g/mol. The third-order valence-electron chi connectivity index (χ3n) is 4.10. The number of carbonyl (C=O) groups excluding carboxylic acids is 1. The molecule has 0 spiro atoms. The number of esters is 1. The molecule has 1 N–H and O–H groups in total. The number of aromatic nitrogens is 6. The van der Waals surface area contributed by atoms with Gasteiger partial charge < -0.3 is 14.5 Å². The standard InChI is InChI=1S/C18H13ClF2N6O3/c1-9-15(25-26-27(9)10-2-4-11(5-3-10)30-18(20)21)17(28)29-8-14-22-12-6-7-13(19)23-16(12)24-14/h2-7,18H,8H2,1H3,(H,22,23,24). The van der Waals surface area contributed by atoms with Crippen molar-refractivity contribution < 1.29 is 23.0 Å². The molecule has 1 aromatic carbocycles. The van der Waals surface area contributed by atoms with Crippen LogP contribution in [0, 0.1) is 6.92 Å². The third kappa shape index (κ3) is 4.06. The fourth-order valence-electron chi connectivity index (χ4n) is 2.72. The second-order valence-corrected chi connectivity index (χ2v) is 6.46. The zero-order valence-corrected chi connectivity index (χ0v) is 16.1. The fraction of sp³-hybridized carbons (Fsp3) is 0.167. The van der Waals surface area contributed by atoms with Gasteiger partial charge in [0.05, 0.1) is 16.9 Å². The second-order valence-electron chi connectivity index (χ2n) is 6.07. The molecule has 0 radical (unpaired) electrons. The predicted molar refractivity (Wildman–Crippen MR) is 101 cm³/mol. The Morgan fingerprint density at radius 3 is 2.70 bits per heavy atom. The highest BCUT2D eigenvalue weighted by Crippen LogP contribution is 2.19. The molecule has 154 valence electrons. The molecular formula is C18H13ClF2N6O3. The molecule has 3 aromatic heterocycles. The van der Waals surface area contributed by atoms with E-state index in [2.05, 4.69) is 30.0 Å². The van der Waals surface area contributed by atoms with Crippen molar-refractivity contribution in [2.24, 2.45) is 0 Å². The SMILES string of the molecule is Cc1c(C(=O)OCc2nc3nc(Cl)ccc3[nH]2)nnn1-c1ccc(OC(F)F)cc1. The van der Waals surface area contributed by atoms with Crippen molar-refractivity contribution in [3.05, 3.63) is 58.8 Å². The van der Waals surface area contributed by atoms with Crippen molar-refractivity contribution >= 4 is 28.7 Å². The van der Waals surface area contributed by atoms with Crippen LogP contribution in [0.4, 0.5) is 8.78 Å². The summed E-state index contributed by atoms with van der Waals surface area (Å²) in [4.78, 5) is 23.7. The van der Waals surface area contributed by atoms with Crippen LogP contribution in [0.1, 0.15) is 22.0 Å². The van der Waals surface area contributed by atoms with E-state index >= 15 is 0 Å². The number of fused-ring (bicyclic) bond motifs is 1. The molecule has 3 heterocycles. The van der Waals surface area contributed by atoms with E-state index in [1.165, 1.54) is 28.9 Å². The van der Waals surface area contributed by atoms with Gasteiger partial charge in [-0.3, -0.25) is 0 Å². The van der Waals surface area contributed by atoms with Crippen LogP contribution < -0.4 is 4.74 Å². The van der Waals surface area contributed by atoms with E-state index in [0.29, 0.717) is 33.5 Å². The van der Waals surface area contributed by atoms with Gasteiger partial charge >= 0.3 is 12.6 Å². The molecule has 0 bridgehead atoms. The number of hydrogen-bond donors (Lipinski definition) is 1. The Kier molecular flexibility index (Phi) is 5.27. The number of hydrogen-bond acceptors (Lipinski definition) is 7. The fourth-order valence-corrected chi connectivity index (χ4v) is 2.86. The lowest BCUT2D eigenvalue weighted by atomic mass is 10.3. The Labute approximate surface area is 172 Å². The first-order valence-corrected chi connectivity index (χ1v) is 8.94. The van der Waals surface area contributed by atoms with Gasteiger partial charge in [0, 0.05) is 0 Å². The minimum atomic E-state index is -2.91. The molecule has 0 fully saturated rings. The van der Waals surface area contributed by atoms with Crippen molar-refractivity contribution in [3.63, 3.8) is 0 Å². The Bertz CT molecular complexity index is 1210. The van der Waals surface area contributed by atoms with Crippen LogP contribution in [0.5, 0.6) is 5.75 Å². The maximum Gasteiger partial charge on any atom is 0.387 e. The van der Waals surface area contributed by atoms with Crippen LogP contribution in [-0.2, 0) is 11.3 Å². The number of pyridine rings is 1. The van der Waals surface area contributed by atoms with E-state index in [-0.39, 0.29) is 18.1 Å². The summed E-state index contributed by atoms with van der Waals surface area (Å²) in [5, 5.41) is 8.09. The lowest BCUT2D eigenvalue weighted by Gasteiger charge is -2.07. The quantitative estimate of drug-likeness (QED) is 0.365. The summed E-state index contributed by atoms with van der Waals surface area (Å²) < 4.78 is 35.5. The molecule has 4 aromatic rings. The summed E-state index contributed by atoms with van der Waals surface area (Å²) in [7, 11) is 0. The molecule has 0 aliphatic rings. The number of benzene rings is 1. The normalized spacial score (nSPS) is 11.2. The first-order valence-electron chi connectivity index (χ1n) is 8.56. The van der Waals surface area contributed by atoms with Gasteiger partial charge in [-0.05, 0) is 43.3 Å².